The topological polar surface area (TPSA) is 77.9 Å². The van der Waals surface area contributed by atoms with Crippen LogP contribution in [0.3, 0.4) is 0 Å². The second kappa shape index (κ2) is 9.40. The van der Waals surface area contributed by atoms with Gasteiger partial charge in [-0.1, -0.05) is 18.2 Å². The van der Waals surface area contributed by atoms with Gasteiger partial charge in [-0.05, 0) is 49.2 Å². The number of hydrogen-bond donors (Lipinski definition) is 1. The molecule has 1 saturated heterocycles. The molecule has 1 fully saturated rings. The molecule has 0 amide bonds. The molecule has 6 nitrogen and oxygen atoms in total. The van der Waals surface area contributed by atoms with Crippen LogP contribution in [0.1, 0.15) is 30.5 Å². The van der Waals surface area contributed by atoms with E-state index in [4.69, 9.17) is 5.11 Å². The number of hydrogen-bond acceptors (Lipinski definition) is 4. The number of alkyl halides is 3. The molecule has 33 heavy (non-hydrogen) atoms. The van der Waals surface area contributed by atoms with Crippen LogP contribution in [0.5, 0.6) is 0 Å². The number of carboxylic acids is 1. The van der Waals surface area contributed by atoms with Crippen molar-refractivity contribution in [3.8, 4) is 0 Å². The molecule has 1 N–H and O–H groups in total. The summed E-state index contributed by atoms with van der Waals surface area (Å²) < 4.78 is 80.2. The number of sulfonamides is 1. The zero-order valence-electron chi connectivity index (χ0n) is 18.0. The Kier molecular flexibility index (Phi) is 7.15. The van der Waals surface area contributed by atoms with Crippen molar-refractivity contribution in [1.29, 1.82) is 0 Å². The first-order valence-corrected chi connectivity index (χ1v) is 11.7. The Labute approximate surface area is 189 Å². The number of rotatable bonds is 6. The van der Waals surface area contributed by atoms with E-state index in [1.807, 2.05) is 4.90 Å². The smallest absolute Gasteiger partial charge is 0.419 e. The van der Waals surface area contributed by atoms with Crippen LogP contribution in [0.4, 0.5) is 17.6 Å². The lowest BCUT2D eigenvalue weighted by atomic mass is 10.1. The third-order valence-electron chi connectivity index (χ3n) is 5.49. The Morgan fingerprint density at radius 2 is 1.70 bits per heavy atom. The molecule has 0 spiro atoms. The monoisotopic (exact) mass is 488 g/mol. The van der Waals surface area contributed by atoms with Gasteiger partial charge in [0.15, 0.2) is 0 Å². The lowest BCUT2D eigenvalue weighted by Crippen LogP contribution is -2.58. The van der Waals surface area contributed by atoms with Crippen LogP contribution in [0, 0.1) is 5.82 Å². The summed E-state index contributed by atoms with van der Waals surface area (Å²) in [6, 6.07) is 7.65. The summed E-state index contributed by atoms with van der Waals surface area (Å²) in [5.41, 5.74) is -0.599. The van der Waals surface area contributed by atoms with E-state index in [0.717, 1.165) is 6.07 Å². The minimum Gasteiger partial charge on any atom is -0.481 e. The van der Waals surface area contributed by atoms with Gasteiger partial charge in [0.05, 0.1) is 16.9 Å². The summed E-state index contributed by atoms with van der Waals surface area (Å²) >= 11 is 0. The van der Waals surface area contributed by atoms with Crippen molar-refractivity contribution in [2.75, 3.05) is 13.1 Å². The molecule has 180 valence electrons. The van der Waals surface area contributed by atoms with Gasteiger partial charge in [-0.2, -0.15) is 17.5 Å². The van der Waals surface area contributed by atoms with Crippen LogP contribution >= 0.6 is 0 Å². The predicted octanol–water partition coefficient (Wildman–Crippen LogP) is 3.76. The molecule has 0 bridgehead atoms. The predicted molar refractivity (Wildman–Crippen MR) is 112 cm³/mol. The van der Waals surface area contributed by atoms with E-state index >= 15 is 0 Å². The molecule has 11 heteroatoms. The summed E-state index contributed by atoms with van der Waals surface area (Å²) in [7, 11) is -3.91. The lowest BCUT2D eigenvalue weighted by Gasteiger charge is -2.43. The fourth-order valence-corrected chi connectivity index (χ4v) is 6.15. The maximum absolute atomic E-state index is 13.9. The molecular formula is C22H24F4N2O4S. The first-order chi connectivity index (χ1) is 15.3. The second-order valence-electron chi connectivity index (χ2n) is 8.26. The largest absolute Gasteiger partial charge is 0.481 e. The number of nitrogens with zero attached hydrogens (tertiary/aromatic N) is 2. The molecule has 1 heterocycles. The lowest BCUT2D eigenvalue weighted by molar-refractivity contribution is -0.140. The number of benzene rings is 2. The van der Waals surface area contributed by atoms with Crippen LogP contribution in [0.25, 0.3) is 0 Å². The van der Waals surface area contributed by atoms with Gasteiger partial charge in [0.2, 0.25) is 10.0 Å². The van der Waals surface area contributed by atoms with Gasteiger partial charge in [0.25, 0.3) is 0 Å². The molecule has 1 aliphatic heterocycles. The van der Waals surface area contributed by atoms with Gasteiger partial charge in [0.1, 0.15) is 5.82 Å². The maximum atomic E-state index is 13.9. The summed E-state index contributed by atoms with van der Waals surface area (Å²) in [5.74, 6) is -2.41. The van der Waals surface area contributed by atoms with Gasteiger partial charge in [-0.25, -0.2) is 12.8 Å². The molecule has 3 rings (SSSR count). The third-order valence-corrected chi connectivity index (χ3v) is 7.61. The molecule has 2 aromatic rings. The first kappa shape index (κ1) is 25.1. The minimum atomic E-state index is -4.77. The van der Waals surface area contributed by atoms with E-state index in [-0.39, 0.29) is 17.9 Å². The fraction of sp³-hybridized carbons (Fsp3) is 0.409. The minimum absolute atomic E-state index is 0.00166. The number of piperazine rings is 1. The second-order valence-corrected chi connectivity index (χ2v) is 10.1. The van der Waals surface area contributed by atoms with Gasteiger partial charge in [-0.15, -0.1) is 0 Å². The van der Waals surface area contributed by atoms with Crippen molar-refractivity contribution in [2.24, 2.45) is 0 Å². The quantitative estimate of drug-likeness (QED) is 0.627. The van der Waals surface area contributed by atoms with E-state index in [1.165, 1.54) is 28.6 Å². The van der Waals surface area contributed by atoms with Crippen molar-refractivity contribution >= 4 is 16.0 Å². The zero-order valence-corrected chi connectivity index (χ0v) is 18.8. The van der Waals surface area contributed by atoms with Crippen molar-refractivity contribution in [3.05, 3.63) is 65.0 Å². The molecule has 2 aromatic carbocycles. The maximum Gasteiger partial charge on any atom is 0.419 e. The fourth-order valence-electron chi connectivity index (χ4n) is 4.28. The summed E-state index contributed by atoms with van der Waals surface area (Å²) in [5, 5.41) is 8.97. The highest BCUT2D eigenvalue weighted by Gasteiger charge is 2.39. The first-order valence-electron chi connectivity index (χ1n) is 10.2. The van der Waals surface area contributed by atoms with E-state index in [1.54, 1.807) is 19.9 Å². The molecule has 1 aliphatic rings. The highest BCUT2D eigenvalue weighted by Crippen LogP contribution is 2.32. The van der Waals surface area contributed by atoms with Crippen molar-refractivity contribution in [1.82, 2.24) is 9.21 Å². The standard InChI is InChI=1S/C22H24F4N2O4S/c1-14-11-27(13-17-6-7-19(20(23)9-17)22(24,25)26)12-15(2)28(14)33(31,32)18-5-3-4-16(8-18)10-21(29)30/h3-9,14-15H,10-13H2,1-2H3,(H,29,30)/t14-,15+. The Bertz CT molecular complexity index is 1130. The van der Waals surface area contributed by atoms with Crippen LogP contribution in [-0.4, -0.2) is 53.9 Å². The summed E-state index contributed by atoms with van der Waals surface area (Å²) in [6.07, 6.45) is -5.07. The van der Waals surface area contributed by atoms with Gasteiger partial charge >= 0.3 is 12.1 Å². The van der Waals surface area contributed by atoms with E-state index in [9.17, 15) is 30.8 Å². The van der Waals surface area contributed by atoms with Crippen LogP contribution in [0.2, 0.25) is 0 Å². The van der Waals surface area contributed by atoms with Crippen LogP contribution in [0.15, 0.2) is 47.4 Å². The Morgan fingerprint density at radius 3 is 2.24 bits per heavy atom. The number of halogens is 4. The molecule has 0 aliphatic carbocycles. The van der Waals surface area contributed by atoms with E-state index in [2.05, 4.69) is 0 Å². The average Bonchev–Trinajstić information content (AvgIpc) is 2.66. The number of aliphatic carboxylic acids is 1. The van der Waals surface area contributed by atoms with E-state index < -0.39 is 45.6 Å². The summed E-state index contributed by atoms with van der Waals surface area (Å²) in [6.45, 7) is 4.19. The number of carboxylic acid groups (broad SMARTS) is 1. The molecule has 0 unspecified atom stereocenters. The Morgan fingerprint density at radius 1 is 1.06 bits per heavy atom. The average molecular weight is 489 g/mol. The van der Waals surface area contributed by atoms with Crippen LogP contribution < -0.4 is 0 Å². The van der Waals surface area contributed by atoms with Crippen molar-refractivity contribution in [3.63, 3.8) is 0 Å². The van der Waals surface area contributed by atoms with Gasteiger partial charge < -0.3 is 5.11 Å². The van der Waals surface area contributed by atoms with Gasteiger partial charge in [0, 0.05) is 31.7 Å². The number of carbonyl (C=O) groups is 1. The van der Waals surface area contributed by atoms with Crippen molar-refractivity contribution in [2.45, 2.75) is 50.0 Å². The Balaban J connectivity index is 1.76. The normalized spacial score (nSPS) is 20.7. The zero-order chi connectivity index (χ0) is 24.6. The highest BCUT2D eigenvalue weighted by molar-refractivity contribution is 7.89. The van der Waals surface area contributed by atoms with Crippen LogP contribution in [-0.2, 0) is 34.0 Å². The molecule has 0 saturated carbocycles. The molecule has 0 radical (unpaired) electrons. The molecular weight excluding hydrogens is 464 g/mol. The van der Waals surface area contributed by atoms with E-state index in [0.29, 0.717) is 30.3 Å². The van der Waals surface area contributed by atoms with Crippen molar-refractivity contribution < 1.29 is 35.9 Å². The molecule has 0 aromatic heterocycles. The van der Waals surface area contributed by atoms with Gasteiger partial charge in [-0.3, -0.25) is 9.69 Å². The SMILES string of the molecule is C[C@@H]1CN(Cc2ccc(C(F)(F)F)c(F)c2)C[C@H](C)N1S(=O)(=O)c1cccc(CC(=O)O)c1. The highest BCUT2D eigenvalue weighted by atomic mass is 32.2. The third kappa shape index (κ3) is 5.71. The Hall–Kier alpha value is -2.50. The summed E-state index contributed by atoms with van der Waals surface area (Å²) in [4.78, 5) is 12.8. The molecule has 2 atom stereocenters.